The summed E-state index contributed by atoms with van der Waals surface area (Å²) in [4.78, 5) is 11.8. The summed E-state index contributed by atoms with van der Waals surface area (Å²) in [6.45, 7) is 3.95. The highest BCUT2D eigenvalue weighted by atomic mass is 16.3. The molecule has 0 saturated heterocycles. The van der Waals surface area contributed by atoms with E-state index in [1.54, 1.807) is 6.07 Å². The van der Waals surface area contributed by atoms with Crippen molar-refractivity contribution in [2.24, 2.45) is 0 Å². The van der Waals surface area contributed by atoms with Crippen molar-refractivity contribution in [3.8, 4) is 0 Å². The molecular formula is C13H14N2O2. The number of carbonyl (C=O) groups excluding carboxylic acids is 1. The van der Waals surface area contributed by atoms with Crippen molar-refractivity contribution in [2.45, 2.75) is 13.8 Å². The number of aryl methyl sites for hydroxylation is 2. The van der Waals surface area contributed by atoms with Gasteiger partial charge in [0, 0.05) is 0 Å². The Morgan fingerprint density at radius 1 is 1.29 bits per heavy atom. The lowest BCUT2D eigenvalue weighted by molar-refractivity contribution is 0.102. The van der Waals surface area contributed by atoms with E-state index >= 15 is 0 Å². The van der Waals surface area contributed by atoms with Gasteiger partial charge in [-0.25, -0.2) is 0 Å². The highest BCUT2D eigenvalue weighted by Gasteiger charge is 2.10. The van der Waals surface area contributed by atoms with Crippen LogP contribution in [0.25, 0.3) is 0 Å². The van der Waals surface area contributed by atoms with Crippen molar-refractivity contribution in [2.75, 3.05) is 11.1 Å². The van der Waals surface area contributed by atoms with Crippen molar-refractivity contribution < 1.29 is 9.21 Å². The number of anilines is 2. The molecule has 1 amide bonds. The third-order valence-electron chi connectivity index (χ3n) is 2.70. The number of carbonyl (C=O) groups is 1. The molecule has 88 valence electrons. The second-order valence-corrected chi connectivity index (χ2v) is 3.99. The van der Waals surface area contributed by atoms with Crippen LogP contribution in [0.3, 0.4) is 0 Å². The predicted octanol–water partition coefficient (Wildman–Crippen LogP) is 2.73. The smallest absolute Gasteiger partial charge is 0.258 e. The number of rotatable bonds is 2. The minimum absolute atomic E-state index is 0.228. The van der Waals surface area contributed by atoms with E-state index in [9.17, 15) is 4.79 Å². The summed E-state index contributed by atoms with van der Waals surface area (Å²) in [5.41, 5.74) is 9.70. The Balaban J connectivity index is 2.25. The first kappa shape index (κ1) is 11.3. The van der Waals surface area contributed by atoms with Crippen molar-refractivity contribution in [1.29, 1.82) is 0 Å². The number of hydrogen-bond acceptors (Lipinski definition) is 3. The first-order valence-electron chi connectivity index (χ1n) is 5.28. The van der Waals surface area contributed by atoms with E-state index in [-0.39, 0.29) is 5.91 Å². The number of nitrogens with two attached hydrogens (primary N) is 1. The molecule has 4 nitrogen and oxygen atoms in total. The quantitative estimate of drug-likeness (QED) is 0.779. The second kappa shape index (κ2) is 4.33. The molecule has 0 aliphatic carbocycles. The Bertz CT molecular complexity index is 545. The van der Waals surface area contributed by atoms with E-state index in [0.717, 1.165) is 11.1 Å². The molecule has 0 saturated carbocycles. The molecular weight excluding hydrogens is 216 g/mol. The minimum Gasteiger partial charge on any atom is -0.472 e. The Morgan fingerprint density at radius 3 is 2.65 bits per heavy atom. The van der Waals surface area contributed by atoms with Crippen molar-refractivity contribution in [3.63, 3.8) is 0 Å². The standard InChI is InChI=1S/C13H14N2O2/c1-8-5-11(14)12(6-9(8)2)15-13(16)10-3-4-17-7-10/h3-7H,14H2,1-2H3,(H,15,16). The fourth-order valence-electron chi connectivity index (χ4n) is 1.53. The topological polar surface area (TPSA) is 68.3 Å². The van der Waals surface area contributed by atoms with Gasteiger partial charge in [-0.1, -0.05) is 0 Å². The van der Waals surface area contributed by atoms with Gasteiger partial charge in [-0.2, -0.15) is 0 Å². The summed E-state index contributed by atoms with van der Waals surface area (Å²) in [5, 5.41) is 2.76. The number of nitrogen functional groups attached to an aromatic ring is 1. The molecule has 1 aromatic heterocycles. The summed E-state index contributed by atoms with van der Waals surface area (Å²) in [6, 6.07) is 5.32. The fourth-order valence-corrected chi connectivity index (χ4v) is 1.53. The zero-order valence-electron chi connectivity index (χ0n) is 9.78. The van der Waals surface area contributed by atoms with E-state index in [1.807, 2.05) is 26.0 Å². The second-order valence-electron chi connectivity index (χ2n) is 3.99. The zero-order chi connectivity index (χ0) is 12.4. The molecule has 0 radical (unpaired) electrons. The molecule has 3 N–H and O–H groups in total. The van der Waals surface area contributed by atoms with Gasteiger partial charge in [-0.05, 0) is 43.2 Å². The van der Waals surface area contributed by atoms with E-state index in [2.05, 4.69) is 5.32 Å². The van der Waals surface area contributed by atoms with Crippen LogP contribution in [0.1, 0.15) is 21.5 Å². The highest BCUT2D eigenvalue weighted by Crippen LogP contribution is 2.23. The molecule has 1 heterocycles. The molecule has 0 spiro atoms. The van der Waals surface area contributed by atoms with Gasteiger partial charge in [0.25, 0.3) is 5.91 Å². The molecule has 0 fully saturated rings. The summed E-state index contributed by atoms with van der Waals surface area (Å²) in [6.07, 6.45) is 2.85. The van der Waals surface area contributed by atoms with Gasteiger partial charge >= 0.3 is 0 Å². The molecule has 2 rings (SSSR count). The van der Waals surface area contributed by atoms with E-state index in [1.165, 1.54) is 12.5 Å². The molecule has 0 aliphatic heterocycles. The maximum Gasteiger partial charge on any atom is 0.258 e. The van der Waals surface area contributed by atoms with Gasteiger partial charge in [0.2, 0.25) is 0 Å². The highest BCUT2D eigenvalue weighted by molar-refractivity contribution is 6.05. The van der Waals surface area contributed by atoms with Crippen molar-refractivity contribution in [1.82, 2.24) is 0 Å². The van der Waals surface area contributed by atoms with Gasteiger partial charge in [-0.15, -0.1) is 0 Å². The SMILES string of the molecule is Cc1cc(N)c(NC(=O)c2ccoc2)cc1C. The first-order valence-corrected chi connectivity index (χ1v) is 5.28. The monoisotopic (exact) mass is 230 g/mol. The lowest BCUT2D eigenvalue weighted by Gasteiger charge is -2.10. The average Bonchev–Trinajstić information content (AvgIpc) is 2.79. The lowest BCUT2D eigenvalue weighted by Crippen LogP contribution is -2.12. The molecule has 1 aromatic carbocycles. The first-order chi connectivity index (χ1) is 8.08. The zero-order valence-corrected chi connectivity index (χ0v) is 9.78. The third-order valence-corrected chi connectivity index (χ3v) is 2.70. The van der Waals surface area contributed by atoms with Crippen LogP contribution in [0.5, 0.6) is 0 Å². The maximum absolute atomic E-state index is 11.8. The molecule has 0 aliphatic rings. The van der Waals surface area contributed by atoms with E-state index in [0.29, 0.717) is 16.9 Å². The average molecular weight is 230 g/mol. The molecule has 0 bridgehead atoms. The summed E-state index contributed by atoms with van der Waals surface area (Å²) in [5.74, 6) is -0.228. The fraction of sp³-hybridized carbons (Fsp3) is 0.154. The molecule has 17 heavy (non-hydrogen) atoms. The molecule has 4 heteroatoms. The van der Waals surface area contributed by atoms with Crippen molar-refractivity contribution in [3.05, 3.63) is 47.4 Å². The van der Waals surface area contributed by atoms with Gasteiger partial charge in [0.05, 0.1) is 23.2 Å². The van der Waals surface area contributed by atoms with Crippen LogP contribution >= 0.6 is 0 Å². The number of amides is 1. The lowest BCUT2D eigenvalue weighted by atomic mass is 10.1. The van der Waals surface area contributed by atoms with E-state index < -0.39 is 0 Å². The van der Waals surface area contributed by atoms with Crippen LogP contribution in [0.15, 0.2) is 35.1 Å². The van der Waals surface area contributed by atoms with Gasteiger partial charge in [-0.3, -0.25) is 4.79 Å². The number of furan rings is 1. The van der Waals surface area contributed by atoms with Crippen LogP contribution in [-0.2, 0) is 0 Å². The Hall–Kier alpha value is -2.23. The summed E-state index contributed by atoms with van der Waals surface area (Å²) < 4.78 is 4.85. The predicted molar refractivity (Wildman–Crippen MR) is 67.0 cm³/mol. The number of benzene rings is 1. The van der Waals surface area contributed by atoms with Crippen LogP contribution < -0.4 is 11.1 Å². The Kier molecular flexibility index (Phi) is 2.87. The Morgan fingerprint density at radius 2 is 2.00 bits per heavy atom. The van der Waals surface area contributed by atoms with Gasteiger partial charge < -0.3 is 15.5 Å². The largest absolute Gasteiger partial charge is 0.472 e. The van der Waals surface area contributed by atoms with Crippen molar-refractivity contribution >= 4 is 17.3 Å². The molecule has 0 unspecified atom stereocenters. The number of nitrogens with one attached hydrogen (secondary N) is 1. The van der Waals surface area contributed by atoms with Gasteiger partial charge in [0.1, 0.15) is 6.26 Å². The third kappa shape index (κ3) is 2.30. The summed E-state index contributed by atoms with van der Waals surface area (Å²) >= 11 is 0. The maximum atomic E-state index is 11.8. The van der Waals surface area contributed by atoms with Crippen LogP contribution in [-0.4, -0.2) is 5.91 Å². The summed E-state index contributed by atoms with van der Waals surface area (Å²) in [7, 11) is 0. The Labute approximate surface area is 99.4 Å². The van der Waals surface area contributed by atoms with Crippen LogP contribution in [0.2, 0.25) is 0 Å². The molecule has 0 atom stereocenters. The van der Waals surface area contributed by atoms with Crippen LogP contribution in [0.4, 0.5) is 11.4 Å². The van der Waals surface area contributed by atoms with Gasteiger partial charge in [0.15, 0.2) is 0 Å². The van der Waals surface area contributed by atoms with E-state index in [4.69, 9.17) is 10.2 Å². The normalized spacial score (nSPS) is 10.2. The number of hydrogen-bond donors (Lipinski definition) is 2. The molecule has 2 aromatic rings. The van der Waals surface area contributed by atoms with Crippen LogP contribution in [0, 0.1) is 13.8 Å². The minimum atomic E-state index is -0.228.